The van der Waals surface area contributed by atoms with Gasteiger partial charge in [0.15, 0.2) is 0 Å². The molecule has 1 aliphatic rings. The summed E-state index contributed by atoms with van der Waals surface area (Å²) in [6.07, 6.45) is -0.631. The fraction of sp³-hybridized carbons (Fsp3) is 0.474. The second-order valence-electron chi connectivity index (χ2n) is 7.14. The predicted molar refractivity (Wildman–Crippen MR) is 98.1 cm³/mol. The number of rotatable bonds is 3. The highest BCUT2D eigenvalue weighted by Gasteiger charge is 2.40. The lowest BCUT2D eigenvalue weighted by molar-refractivity contribution is 0.0372. The molecule has 0 aromatic heterocycles. The number of amides is 2. The molecule has 1 N–H and O–H groups in total. The topological polar surface area (TPSA) is 79.3 Å². The molecule has 0 bridgehead atoms. The number of aliphatic hydroxyl groups is 1. The van der Waals surface area contributed by atoms with Crippen LogP contribution in [0.5, 0.6) is 0 Å². The Morgan fingerprint density at radius 2 is 2.04 bits per heavy atom. The summed E-state index contributed by atoms with van der Waals surface area (Å²) >= 11 is 0. The molecule has 0 radical (unpaired) electrons. The van der Waals surface area contributed by atoms with E-state index in [0.717, 1.165) is 0 Å². The molecule has 7 heteroatoms. The zero-order valence-electron chi connectivity index (χ0n) is 15.6. The van der Waals surface area contributed by atoms with Crippen LogP contribution in [0, 0.1) is 0 Å². The number of aliphatic hydroxyl groups excluding tert-OH is 1. The molecule has 1 heterocycles. The normalized spacial score (nSPS) is 19.3. The van der Waals surface area contributed by atoms with Gasteiger partial charge < -0.3 is 19.5 Å². The molecule has 0 saturated heterocycles. The van der Waals surface area contributed by atoms with Gasteiger partial charge in [0.1, 0.15) is 12.2 Å². The second kappa shape index (κ2) is 7.78. The van der Waals surface area contributed by atoms with Gasteiger partial charge in [0.05, 0.1) is 24.4 Å². The van der Waals surface area contributed by atoms with Gasteiger partial charge in [-0.1, -0.05) is 30.9 Å². The lowest BCUT2D eigenvalue weighted by atomic mass is 9.93. The number of carbonyl (C=O) groups is 2. The Balaban J connectivity index is 2.33. The van der Waals surface area contributed by atoms with Gasteiger partial charge in [-0.05, 0) is 26.8 Å². The van der Waals surface area contributed by atoms with E-state index in [1.807, 2.05) is 0 Å². The number of carbonyl (C=O) groups excluding carboxylic acids is 2. The summed E-state index contributed by atoms with van der Waals surface area (Å²) in [5.74, 6) is 0. The van der Waals surface area contributed by atoms with Crippen LogP contribution >= 0.6 is 0 Å². The molecule has 2 atom stereocenters. The van der Waals surface area contributed by atoms with Crippen molar-refractivity contribution in [3.05, 3.63) is 42.5 Å². The highest BCUT2D eigenvalue weighted by Crippen LogP contribution is 2.38. The third-order valence-electron chi connectivity index (χ3n) is 3.92. The Morgan fingerprint density at radius 3 is 2.65 bits per heavy atom. The van der Waals surface area contributed by atoms with Crippen molar-refractivity contribution < 1.29 is 24.2 Å². The summed E-state index contributed by atoms with van der Waals surface area (Å²) < 4.78 is 10.5. The van der Waals surface area contributed by atoms with Crippen LogP contribution in [0.1, 0.15) is 32.4 Å². The molecule has 2 rings (SSSR count). The number of fused-ring (bicyclic) bond motifs is 1. The summed E-state index contributed by atoms with van der Waals surface area (Å²) in [7, 11) is 1.55. The monoisotopic (exact) mass is 362 g/mol. The first-order valence-electron chi connectivity index (χ1n) is 8.43. The van der Waals surface area contributed by atoms with E-state index in [-0.39, 0.29) is 13.2 Å². The molecular weight excluding hydrogens is 336 g/mol. The average Bonchev–Trinajstić information content (AvgIpc) is 2.56. The zero-order chi connectivity index (χ0) is 19.5. The quantitative estimate of drug-likeness (QED) is 0.836. The Morgan fingerprint density at radius 1 is 1.38 bits per heavy atom. The number of β-amino-alcohol motifs (C(OH)–C–C–N with tert-alkyl or cyclic N) is 1. The van der Waals surface area contributed by atoms with E-state index < -0.39 is 29.9 Å². The van der Waals surface area contributed by atoms with Gasteiger partial charge in [0.2, 0.25) is 0 Å². The number of hydrogen-bond donors (Lipinski definition) is 1. The van der Waals surface area contributed by atoms with Gasteiger partial charge in [-0.15, -0.1) is 0 Å². The molecule has 0 unspecified atom stereocenters. The molecule has 1 aromatic carbocycles. The van der Waals surface area contributed by atoms with E-state index in [9.17, 15) is 14.7 Å². The first-order chi connectivity index (χ1) is 12.2. The van der Waals surface area contributed by atoms with Crippen molar-refractivity contribution in [1.29, 1.82) is 0 Å². The minimum Gasteiger partial charge on any atom is -0.445 e. The molecule has 142 valence electrons. The van der Waals surface area contributed by atoms with E-state index in [1.54, 1.807) is 52.1 Å². The predicted octanol–water partition coefficient (Wildman–Crippen LogP) is 3.10. The molecule has 0 fully saturated rings. The Bertz CT molecular complexity index is 683. The van der Waals surface area contributed by atoms with Crippen molar-refractivity contribution >= 4 is 17.9 Å². The fourth-order valence-corrected chi connectivity index (χ4v) is 2.88. The maximum Gasteiger partial charge on any atom is 0.414 e. The highest BCUT2D eigenvalue weighted by molar-refractivity contribution is 5.90. The number of likely N-dealkylation sites (N-methyl/N-ethyl adjacent to an activating group) is 1. The van der Waals surface area contributed by atoms with Crippen LogP contribution < -0.4 is 4.90 Å². The standard InChI is InChI=1S/C19H26N2O5/c1-6-11-25-17(23)20(5)16-13-9-7-8-10-14(13)21(12-15(16)22)18(24)26-19(2,3)4/h6-10,15-16,22H,1,11-12H2,2-5H3/t15-,16-/m1/s1. The van der Waals surface area contributed by atoms with Crippen LogP contribution in [0.15, 0.2) is 36.9 Å². The molecule has 1 aromatic rings. The van der Waals surface area contributed by atoms with Crippen LogP contribution in [0.4, 0.5) is 15.3 Å². The Labute approximate surface area is 153 Å². The van der Waals surface area contributed by atoms with E-state index in [2.05, 4.69) is 6.58 Å². The van der Waals surface area contributed by atoms with Gasteiger partial charge in [0, 0.05) is 12.6 Å². The maximum atomic E-state index is 12.6. The average molecular weight is 362 g/mol. The Kier molecular flexibility index (Phi) is 5.92. The number of para-hydroxylation sites is 1. The number of anilines is 1. The van der Waals surface area contributed by atoms with E-state index in [1.165, 1.54) is 15.9 Å². The highest BCUT2D eigenvalue weighted by atomic mass is 16.6. The first kappa shape index (κ1) is 19.8. The van der Waals surface area contributed by atoms with Gasteiger partial charge in [-0.25, -0.2) is 9.59 Å². The molecule has 0 saturated carbocycles. The van der Waals surface area contributed by atoms with Gasteiger partial charge in [-0.3, -0.25) is 4.90 Å². The number of hydrogen-bond acceptors (Lipinski definition) is 5. The van der Waals surface area contributed by atoms with Gasteiger partial charge in [-0.2, -0.15) is 0 Å². The van der Waals surface area contributed by atoms with Crippen molar-refractivity contribution in [3.8, 4) is 0 Å². The lowest BCUT2D eigenvalue weighted by Gasteiger charge is -2.41. The van der Waals surface area contributed by atoms with Crippen LogP contribution in [-0.4, -0.2) is 54.1 Å². The minimum absolute atomic E-state index is 0.00959. The van der Waals surface area contributed by atoms with Crippen molar-refractivity contribution in [3.63, 3.8) is 0 Å². The zero-order valence-corrected chi connectivity index (χ0v) is 15.6. The van der Waals surface area contributed by atoms with Crippen molar-refractivity contribution in [2.24, 2.45) is 0 Å². The third-order valence-corrected chi connectivity index (χ3v) is 3.92. The second-order valence-corrected chi connectivity index (χ2v) is 7.14. The van der Waals surface area contributed by atoms with Crippen molar-refractivity contribution in [1.82, 2.24) is 4.90 Å². The molecule has 2 amide bonds. The van der Waals surface area contributed by atoms with Crippen LogP contribution in [0.3, 0.4) is 0 Å². The summed E-state index contributed by atoms with van der Waals surface area (Å²) in [4.78, 5) is 27.5. The van der Waals surface area contributed by atoms with Crippen LogP contribution in [0.25, 0.3) is 0 Å². The van der Waals surface area contributed by atoms with Crippen molar-refractivity contribution in [2.75, 3.05) is 25.1 Å². The number of ether oxygens (including phenoxy) is 2. The minimum atomic E-state index is -0.987. The third kappa shape index (κ3) is 4.35. The maximum absolute atomic E-state index is 12.6. The smallest absolute Gasteiger partial charge is 0.414 e. The molecule has 0 spiro atoms. The number of nitrogens with zero attached hydrogens (tertiary/aromatic N) is 2. The van der Waals surface area contributed by atoms with Crippen LogP contribution in [0.2, 0.25) is 0 Å². The first-order valence-corrected chi connectivity index (χ1v) is 8.43. The molecule has 1 aliphatic heterocycles. The lowest BCUT2D eigenvalue weighted by Crippen LogP contribution is -2.51. The summed E-state index contributed by atoms with van der Waals surface area (Å²) in [5.41, 5.74) is 0.592. The fourth-order valence-electron chi connectivity index (χ4n) is 2.88. The molecular formula is C19H26N2O5. The molecule has 7 nitrogen and oxygen atoms in total. The van der Waals surface area contributed by atoms with Crippen molar-refractivity contribution in [2.45, 2.75) is 38.5 Å². The largest absolute Gasteiger partial charge is 0.445 e. The molecule has 0 aliphatic carbocycles. The SMILES string of the molecule is C=CCOC(=O)N(C)[C@@H]1c2ccccc2N(C(=O)OC(C)(C)C)C[C@H]1O. The van der Waals surface area contributed by atoms with Gasteiger partial charge in [0.25, 0.3) is 0 Å². The number of benzene rings is 1. The van der Waals surface area contributed by atoms with E-state index in [4.69, 9.17) is 9.47 Å². The summed E-state index contributed by atoms with van der Waals surface area (Å²) in [6.45, 7) is 8.94. The van der Waals surface area contributed by atoms with Crippen LogP contribution in [-0.2, 0) is 9.47 Å². The van der Waals surface area contributed by atoms with Gasteiger partial charge >= 0.3 is 12.2 Å². The van der Waals surface area contributed by atoms with E-state index >= 15 is 0 Å². The van der Waals surface area contributed by atoms with E-state index in [0.29, 0.717) is 11.3 Å². The summed E-state index contributed by atoms with van der Waals surface area (Å²) in [6, 6.07) is 6.49. The summed E-state index contributed by atoms with van der Waals surface area (Å²) in [5, 5.41) is 10.7. The Hall–Kier alpha value is -2.54. The molecule has 26 heavy (non-hydrogen) atoms.